The fourth-order valence-electron chi connectivity index (χ4n) is 2.79. The van der Waals surface area contributed by atoms with Crippen molar-refractivity contribution in [3.63, 3.8) is 0 Å². The van der Waals surface area contributed by atoms with Gasteiger partial charge in [-0.3, -0.25) is 9.58 Å². The summed E-state index contributed by atoms with van der Waals surface area (Å²) in [4.78, 5) is 4.15. The Bertz CT molecular complexity index is 828. The van der Waals surface area contributed by atoms with Crippen LogP contribution < -0.4 is 0 Å². The molecular formula is C21H23ClN4. The molecule has 0 unspecified atom stereocenters. The molecular weight excluding hydrogens is 344 g/mol. The Hall–Kier alpha value is -2.59. The fourth-order valence-corrected chi connectivity index (χ4v) is 3.01. The Morgan fingerprint density at radius 2 is 1.88 bits per heavy atom. The molecule has 0 spiro atoms. The van der Waals surface area contributed by atoms with Crippen molar-refractivity contribution < 1.29 is 0 Å². The molecule has 0 saturated carbocycles. The molecule has 0 aliphatic rings. The van der Waals surface area contributed by atoms with E-state index in [4.69, 9.17) is 16.7 Å². The number of hydrogen-bond acceptors (Lipinski definition) is 3. The largest absolute Gasteiger partial charge is 0.295 e. The molecule has 3 rings (SSSR count). The minimum Gasteiger partial charge on any atom is -0.295 e. The standard InChI is InChI=1S/C21H23ClN4/c1-2-26(15-8-11-18-9-4-3-5-10-18)24-21(25-16-14-23-17-25)19-12-6-7-13-20(19)22/h3-7,9-10,12-14,16-17H,2,8,11,15H2,1H3. The van der Waals surface area contributed by atoms with Crippen LogP contribution in [0.15, 0.2) is 78.4 Å². The third-order valence-electron chi connectivity index (χ3n) is 4.19. The minimum absolute atomic E-state index is 0.681. The highest BCUT2D eigenvalue weighted by Gasteiger charge is 2.12. The highest BCUT2D eigenvalue weighted by Crippen LogP contribution is 2.17. The van der Waals surface area contributed by atoms with Crippen molar-refractivity contribution in [2.45, 2.75) is 19.8 Å². The van der Waals surface area contributed by atoms with E-state index in [1.807, 2.05) is 41.1 Å². The quantitative estimate of drug-likeness (QED) is 0.345. The summed E-state index contributed by atoms with van der Waals surface area (Å²) in [5.74, 6) is 0.787. The fraction of sp³-hybridized carbons (Fsp3) is 0.238. The molecule has 4 nitrogen and oxygen atoms in total. The van der Waals surface area contributed by atoms with Gasteiger partial charge in [-0.05, 0) is 37.5 Å². The predicted octanol–water partition coefficient (Wildman–Crippen LogP) is 4.70. The van der Waals surface area contributed by atoms with Gasteiger partial charge in [-0.1, -0.05) is 54.1 Å². The number of benzene rings is 2. The van der Waals surface area contributed by atoms with Gasteiger partial charge in [-0.25, -0.2) is 4.98 Å². The average Bonchev–Trinajstić information content (AvgIpc) is 3.21. The summed E-state index contributed by atoms with van der Waals surface area (Å²) in [7, 11) is 0. The van der Waals surface area contributed by atoms with Crippen molar-refractivity contribution in [3.05, 3.63) is 89.5 Å². The van der Waals surface area contributed by atoms with Crippen LogP contribution in [-0.2, 0) is 6.42 Å². The summed E-state index contributed by atoms with van der Waals surface area (Å²) in [5.41, 5.74) is 2.25. The monoisotopic (exact) mass is 366 g/mol. The number of aryl methyl sites for hydroxylation is 1. The molecule has 26 heavy (non-hydrogen) atoms. The predicted molar refractivity (Wildman–Crippen MR) is 108 cm³/mol. The first-order valence-corrected chi connectivity index (χ1v) is 9.26. The number of hydrogen-bond donors (Lipinski definition) is 0. The molecule has 0 atom stereocenters. The second-order valence-corrected chi connectivity index (χ2v) is 6.42. The van der Waals surface area contributed by atoms with Crippen LogP contribution in [0.2, 0.25) is 5.02 Å². The zero-order valence-electron chi connectivity index (χ0n) is 14.9. The van der Waals surface area contributed by atoms with Crippen molar-refractivity contribution in [1.29, 1.82) is 0 Å². The summed E-state index contributed by atoms with van der Waals surface area (Å²) in [6.45, 7) is 3.83. The molecule has 0 saturated heterocycles. The molecule has 0 bridgehead atoms. The lowest BCUT2D eigenvalue weighted by molar-refractivity contribution is 0.299. The van der Waals surface area contributed by atoms with Crippen LogP contribution in [0.4, 0.5) is 0 Å². The SMILES string of the molecule is CCN(CCCc1ccccc1)N=C(c1ccccc1Cl)n1ccnc1. The molecule has 0 aliphatic carbocycles. The average molecular weight is 367 g/mol. The number of aromatic nitrogens is 2. The van der Waals surface area contributed by atoms with Gasteiger partial charge in [0.2, 0.25) is 0 Å². The van der Waals surface area contributed by atoms with Gasteiger partial charge in [0.25, 0.3) is 0 Å². The molecule has 0 fully saturated rings. The smallest absolute Gasteiger partial charge is 0.166 e. The van der Waals surface area contributed by atoms with Crippen LogP contribution in [0.5, 0.6) is 0 Å². The topological polar surface area (TPSA) is 33.4 Å². The lowest BCUT2D eigenvalue weighted by Crippen LogP contribution is -2.24. The number of nitrogens with zero attached hydrogens (tertiary/aromatic N) is 4. The van der Waals surface area contributed by atoms with Crippen molar-refractivity contribution in [3.8, 4) is 0 Å². The van der Waals surface area contributed by atoms with Crippen molar-refractivity contribution in [2.24, 2.45) is 5.10 Å². The van der Waals surface area contributed by atoms with Gasteiger partial charge in [0.05, 0.1) is 5.02 Å². The number of imidazole rings is 1. The molecule has 3 aromatic rings. The van der Waals surface area contributed by atoms with E-state index in [1.165, 1.54) is 5.56 Å². The molecule has 0 amide bonds. The maximum Gasteiger partial charge on any atom is 0.166 e. The summed E-state index contributed by atoms with van der Waals surface area (Å²) < 4.78 is 1.90. The van der Waals surface area contributed by atoms with Crippen LogP contribution in [0.25, 0.3) is 0 Å². The van der Waals surface area contributed by atoms with Crippen molar-refractivity contribution in [2.75, 3.05) is 13.1 Å². The summed E-state index contributed by atoms with van der Waals surface area (Å²) >= 11 is 6.41. The van der Waals surface area contributed by atoms with Crippen LogP contribution in [0.3, 0.4) is 0 Å². The molecule has 1 aromatic heterocycles. The molecule has 0 N–H and O–H groups in total. The molecule has 134 valence electrons. The third-order valence-corrected chi connectivity index (χ3v) is 4.52. The highest BCUT2D eigenvalue weighted by atomic mass is 35.5. The van der Waals surface area contributed by atoms with E-state index in [0.29, 0.717) is 5.02 Å². The Morgan fingerprint density at radius 3 is 2.58 bits per heavy atom. The van der Waals surface area contributed by atoms with Crippen LogP contribution >= 0.6 is 11.6 Å². The van der Waals surface area contributed by atoms with E-state index in [0.717, 1.165) is 37.3 Å². The molecule has 2 aromatic carbocycles. The van der Waals surface area contributed by atoms with Crippen molar-refractivity contribution in [1.82, 2.24) is 14.6 Å². The molecule has 0 aliphatic heterocycles. The zero-order chi connectivity index (χ0) is 18.2. The molecule has 5 heteroatoms. The van der Waals surface area contributed by atoms with Crippen LogP contribution in [-0.4, -0.2) is 33.5 Å². The number of rotatable bonds is 7. The lowest BCUT2D eigenvalue weighted by atomic mass is 10.1. The maximum absolute atomic E-state index is 6.41. The van der Waals surface area contributed by atoms with Gasteiger partial charge in [0.15, 0.2) is 5.84 Å². The first kappa shape index (κ1) is 18.2. The second kappa shape index (κ2) is 9.20. The van der Waals surface area contributed by atoms with Gasteiger partial charge in [0.1, 0.15) is 6.33 Å². The van der Waals surface area contributed by atoms with Crippen LogP contribution in [0, 0.1) is 0 Å². The Kier molecular flexibility index (Phi) is 6.45. The molecule has 0 radical (unpaired) electrons. The van der Waals surface area contributed by atoms with E-state index in [1.54, 1.807) is 12.5 Å². The summed E-state index contributed by atoms with van der Waals surface area (Å²) in [6, 6.07) is 18.3. The van der Waals surface area contributed by atoms with E-state index in [2.05, 4.69) is 41.2 Å². The number of hydrazone groups is 1. The van der Waals surface area contributed by atoms with Gasteiger partial charge >= 0.3 is 0 Å². The van der Waals surface area contributed by atoms with Crippen molar-refractivity contribution >= 4 is 17.4 Å². The highest BCUT2D eigenvalue weighted by molar-refractivity contribution is 6.34. The third kappa shape index (κ3) is 4.73. The molecule has 1 heterocycles. The van der Waals surface area contributed by atoms with Crippen LogP contribution in [0.1, 0.15) is 24.5 Å². The Balaban J connectivity index is 1.78. The Labute approximate surface area is 159 Å². The second-order valence-electron chi connectivity index (χ2n) is 6.01. The van der Waals surface area contributed by atoms with Gasteiger partial charge in [0, 0.05) is 31.0 Å². The summed E-state index contributed by atoms with van der Waals surface area (Å²) in [5, 5.41) is 7.65. The minimum atomic E-state index is 0.681. The van der Waals surface area contributed by atoms with Gasteiger partial charge in [-0.2, -0.15) is 5.10 Å². The zero-order valence-corrected chi connectivity index (χ0v) is 15.7. The van der Waals surface area contributed by atoms with E-state index in [9.17, 15) is 0 Å². The normalized spacial score (nSPS) is 11.5. The summed E-state index contributed by atoms with van der Waals surface area (Å²) in [6.07, 6.45) is 7.47. The van der Waals surface area contributed by atoms with E-state index >= 15 is 0 Å². The Morgan fingerprint density at radius 1 is 1.12 bits per heavy atom. The van der Waals surface area contributed by atoms with Gasteiger partial charge in [-0.15, -0.1) is 0 Å². The lowest BCUT2D eigenvalue weighted by Gasteiger charge is -2.20. The number of halogens is 1. The van der Waals surface area contributed by atoms with E-state index in [-0.39, 0.29) is 0 Å². The first-order chi connectivity index (χ1) is 12.8. The van der Waals surface area contributed by atoms with Gasteiger partial charge < -0.3 is 0 Å². The first-order valence-electron chi connectivity index (χ1n) is 8.88. The maximum atomic E-state index is 6.41. The van der Waals surface area contributed by atoms with E-state index < -0.39 is 0 Å².